The van der Waals surface area contributed by atoms with Crippen molar-refractivity contribution in [3.05, 3.63) is 88.2 Å². The Hall–Kier alpha value is -3.85. The van der Waals surface area contributed by atoms with Crippen molar-refractivity contribution in [1.82, 2.24) is 15.2 Å². The van der Waals surface area contributed by atoms with Crippen LogP contribution in [0.2, 0.25) is 0 Å². The molecule has 9 heteroatoms. The number of aromatic nitrogens is 1. The molecule has 3 N–H and O–H groups in total. The highest BCUT2D eigenvalue weighted by atomic mass is 19.1. The third-order valence-corrected chi connectivity index (χ3v) is 5.10. The first-order valence-corrected chi connectivity index (χ1v) is 10.3. The SMILES string of the molecule is CN[C@@H](C)C(=O)Nc1ccc(-c2ccc(F)cc2)n(CC(=O)NCc2ccc(F)cc2)c1=O. The van der Waals surface area contributed by atoms with E-state index in [1.807, 2.05) is 0 Å². The molecule has 172 valence electrons. The van der Waals surface area contributed by atoms with E-state index in [9.17, 15) is 23.2 Å². The summed E-state index contributed by atoms with van der Waals surface area (Å²) < 4.78 is 27.7. The first-order valence-electron chi connectivity index (χ1n) is 10.3. The number of pyridine rings is 1. The maximum absolute atomic E-state index is 13.4. The number of rotatable bonds is 8. The molecule has 0 saturated heterocycles. The van der Waals surface area contributed by atoms with Gasteiger partial charge in [0.2, 0.25) is 11.8 Å². The normalized spacial score (nSPS) is 11.6. The van der Waals surface area contributed by atoms with Gasteiger partial charge in [0.25, 0.3) is 5.56 Å². The molecule has 0 saturated carbocycles. The number of amides is 2. The summed E-state index contributed by atoms with van der Waals surface area (Å²) in [5.74, 6) is -1.69. The van der Waals surface area contributed by atoms with E-state index in [0.717, 1.165) is 0 Å². The Kier molecular flexibility index (Phi) is 7.68. The number of carbonyl (C=O) groups excluding carboxylic acids is 2. The van der Waals surface area contributed by atoms with E-state index in [0.29, 0.717) is 16.8 Å². The number of carbonyl (C=O) groups is 2. The zero-order valence-electron chi connectivity index (χ0n) is 18.2. The van der Waals surface area contributed by atoms with Gasteiger partial charge in [0, 0.05) is 6.54 Å². The van der Waals surface area contributed by atoms with Gasteiger partial charge in [0.15, 0.2) is 0 Å². The number of benzene rings is 2. The molecule has 0 spiro atoms. The Morgan fingerprint density at radius 3 is 2.15 bits per heavy atom. The summed E-state index contributed by atoms with van der Waals surface area (Å²) in [5, 5.41) is 8.04. The first-order chi connectivity index (χ1) is 15.8. The van der Waals surface area contributed by atoms with Gasteiger partial charge in [-0.3, -0.25) is 19.0 Å². The molecular weight excluding hydrogens is 430 g/mol. The lowest BCUT2D eigenvalue weighted by atomic mass is 10.1. The van der Waals surface area contributed by atoms with Crippen LogP contribution in [0.25, 0.3) is 11.3 Å². The molecular formula is C24H24F2N4O3. The van der Waals surface area contributed by atoms with Crippen LogP contribution in [0.1, 0.15) is 12.5 Å². The number of nitrogens with zero attached hydrogens (tertiary/aromatic N) is 1. The Bertz CT molecular complexity index is 1190. The number of nitrogens with one attached hydrogen (secondary N) is 3. The summed E-state index contributed by atoms with van der Waals surface area (Å²) in [4.78, 5) is 38.0. The van der Waals surface area contributed by atoms with E-state index >= 15 is 0 Å². The minimum atomic E-state index is -0.578. The minimum absolute atomic E-state index is 0.0132. The molecule has 2 aromatic carbocycles. The average Bonchev–Trinajstić information content (AvgIpc) is 2.81. The Morgan fingerprint density at radius 2 is 1.55 bits per heavy atom. The number of likely N-dealkylation sites (N-methyl/N-ethyl adjacent to an activating group) is 1. The fraction of sp³-hybridized carbons (Fsp3) is 0.208. The van der Waals surface area contributed by atoms with Crippen molar-refractivity contribution < 1.29 is 18.4 Å². The predicted octanol–water partition coefficient (Wildman–Crippen LogP) is 2.66. The summed E-state index contributed by atoms with van der Waals surface area (Å²) in [6, 6.07) is 13.7. The Labute approximate surface area is 189 Å². The van der Waals surface area contributed by atoms with E-state index < -0.39 is 29.2 Å². The predicted molar refractivity (Wildman–Crippen MR) is 121 cm³/mol. The highest BCUT2D eigenvalue weighted by Gasteiger charge is 2.17. The summed E-state index contributed by atoms with van der Waals surface area (Å²) in [7, 11) is 1.62. The van der Waals surface area contributed by atoms with Crippen LogP contribution in [0, 0.1) is 11.6 Å². The van der Waals surface area contributed by atoms with Crippen LogP contribution in [0.15, 0.2) is 65.5 Å². The van der Waals surface area contributed by atoms with Crippen LogP contribution in [-0.4, -0.2) is 29.5 Å². The van der Waals surface area contributed by atoms with Crippen LogP contribution in [0.4, 0.5) is 14.5 Å². The molecule has 0 fully saturated rings. The summed E-state index contributed by atoms with van der Waals surface area (Å²) in [5.41, 5.74) is 1.04. The van der Waals surface area contributed by atoms with E-state index in [1.54, 1.807) is 32.2 Å². The van der Waals surface area contributed by atoms with Gasteiger partial charge in [0.05, 0.1) is 11.7 Å². The zero-order chi connectivity index (χ0) is 24.0. The Balaban J connectivity index is 1.89. The summed E-state index contributed by atoms with van der Waals surface area (Å²) in [6.07, 6.45) is 0. The van der Waals surface area contributed by atoms with Gasteiger partial charge in [-0.25, -0.2) is 8.78 Å². The van der Waals surface area contributed by atoms with Crippen molar-refractivity contribution in [2.45, 2.75) is 26.1 Å². The first kappa shape index (κ1) is 23.8. The van der Waals surface area contributed by atoms with Crippen LogP contribution in [0.3, 0.4) is 0 Å². The average molecular weight is 454 g/mol. The minimum Gasteiger partial charge on any atom is -0.350 e. The molecule has 1 atom stereocenters. The highest BCUT2D eigenvalue weighted by Crippen LogP contribution is 2.20. The van der Waals surface area contributed by atoms with Crippen LogP contribution < -0.4 is 21.5 Å². The fourth-order valence-electron chi connectivity index (χ4n) is 3.08. The lowest BCUT2D eigenvalue weighted by Gasteiger charge is -2.16. The molecule has 7 nitrogen and oxygen atoms in total. The molecule has 0 unspecified atom stereocenters. The third-order valence-electron chi connectivity index (χ3n) is 5.10. The molecule has 3 aromatic rings. The second kappa shape index (κ2) is 10.6. The summed E-state index contributed by atoms with van der Waals surface area (Å²) in [6.45, 7) is 1.46. The lowest BCUT2D eigenvalue weighted by Crippen LogP contribution is -2.38. The van der Waals surface area contributed by atoms with Gasteiger partial charge in [0.1, 0.15) is 23.9 Å². The second-order valence-corrected chi connectivity index (χ2v) is 7.43. The molecule has 2 amide bonds. The fourth-order valence-corrected chi connectivity index (χ4v) is 3.08. The quantitative estimate of drug-likeness (QED) is 0.488. The molecule has 0 bridgehead atoms. The highest BCUT2D eigenvalue weighted by molar-refractivity contribution is 5.94. The maximum Gasteiger partial charge on any atom is 0.275 e. The molecule has 1 heterocycles. The molecule has 0 aliphatic heterocycles. The van der Waals surface area contributed by atoms with E-state index in [4.69, 9.17) is 0 Å². The standard InChI is InChI=1S/C24H24F2N4O3/c1-15(27-2)23(32)29-20-11-12-21(17-5-9-19(26)10-6-17)30(24(20)33)14-22(31)28-13-16-3-7-18(25)8-4-16/h3-12,15,27H,13-14H2,1-2H3,(H,28,31)(H,29,32)/t15-/m0/s1. The number of hydrogen-bond donors (Lipinski definition) is 3. The van der Waals surface area contributed by atoms with E-state index in [1.165, 1.54) is 47.0 Å². The monoisotopic (exact) mass is 454 g/mol. The molecule has 0 aliphatic carbocycles. The van der Waals surface area contributed by atoms with Crippen molar-refractivity contribution in [3.63, 3.8) is 0 Å². The van der Waals surface area contributed by atoms with Crippen molar-refractivity contribution in [3.8, 4) is 11.3 Å². The van der Waals surface area contributed by atoms with Gasteiger partial charge >= 0.3 is 0 Å². The number of halogens is 2. The molecule has 1 aromatic heterocycles. The van der Waals surface area contributed by atoms with E-state index in [2.05, 4.69) is 16.0 Å². The smallest absolute Gasteiger partial charge is 0.275 e. The van der Waals surface area contributed by atoms with Crippen LogP contribution >= 0.6 is 0 Å². The molecule has 0 radical (unpaired) electrons. The number of anilines is 1. The second-order valence-electron chi connectivity index (χ2n) is 7.43. The topological polar surface area (TPSA) is 92.2 Å². The van der Waals surface area contributed by atoms with Crippen molar-refractivity contribution in [1.29, 1.82) is 0 Å². The van der Waals surface area contributed by atoms with Crippen molar-refractivity contribution >= 4 is 17.5 Å². The van der Waals surface area contributed by atoms with Crippen molar-refractivity contribution in [2.24, 2.45) is 0 Å². The van der Waals surface area contributed by atoms with Gasteiger partial charge in [-0.2, -0.15) is 0 Å². The molecule has 33 heavy (non-hydrogen) atoms. The van der Waals surface area contributed by atoms with Gasteiger partial charge in [-0.05, 0) is 73.6 Å². The van der Waals surface area contributed by atoms with Gasteiger partial charge in [-0.15, -0.1) is 0 Å². The molecule has 3 rings (SSSR count). The molecule has 0 aliphatic rings. The Morgan fingerprint density at radius 1 is 0.939 bits per heavy atom. The van der Waals surface area contributed by atoms with Gasteiger partial charge in [-0.1, -0.05) is 12.1 Å². The maximum atomic E-state index is 13.4. The van der Waals surface area contributed by atoms with Crippen LogP contribution in [0.5, 0.6) is 0 Å². The largest absolute Gasteiger partial charge is 0.350 e. The summed E-state index contributed by atoms with van der Waals surface area (Å²) >= 11 is 0. The van der Waals surface area contributed by atoms with Crippen molar-refractivity contribution in [2.75, 3.05) is 12.4 Å². The van der Waals surface area contributed by atoms with Crippen LogP contribution in [-0.2, 0) is 22.7 Å². The number of hydrogen-bond acceptors (Lipinski definition) is 4. The van der Waals surface area contributed by atoms with Gasteiger partial charge < -0.3 is 16.0 Å². The lowest BCUT2D eigenvalue weighted by molar-refractivity contribution is -0.121. The van der Waals surface area contributed by atoms with E-state index in [-0.39, 0.29) is 24.6 Å². The zero-order valence-corrected chi connectivity index (χ0v) is 18.2. The third kappa shape index (κ3) is 6.11.